The fourth-order valence-corrected chi connectivity index (χ4v) is 5.28. The van der Waals surface area contributed by atoms with E-state index in [1.165, 1.54) is 6.42 Å². The molecule has 1 unspecified atom stereocenters. The number of likely N-dealkylation sites (tertiary alicyclic amines) is 1. The van der Waals surface area contributed by atoms with Crippen LogP contribution >= 0.6 is 11.8 Å². The summed E-state index contributed by atoms with van der Waals surface area (Å²) < 4.78 is 0. The number of hydrogen-bond donors (Lipinski definition) is 1. The molecule has 0 aromatic heterocycles. The van der Waals surface area contributed by atoms with Crippen molar-refractivity contribution in [3.8, 4) is 0 Å². The van der Waals surface area contributed by atoms with Gasteiger partial charge in [-0.1, -0.05) is 31.5 Å². The maximum Gasteiger partial charge on any atom is 0.258 e. The van der Waals surface area contributed by atoms with Crippen LogP contribution in [0.3, 0.4) is 0 Å². The molecule has 0 bridgehead atoms. The minimum Gasteiger partial charge on any atom is -0.325 e. The molecule has 2 aliphatic rings. The van der Waals surface area contributed by atoms with Crippen molar-refractivity contribution in [2.24, 2.45) is 0 Å². The fourth-order valence-electron chi connectivity index (χ4n) is 4.31. The Morgan fingerprint density at radius 3 is 2.53 bits per heavy atom. The second kappa shape index (κ2) is 9.67. The Kier molecular flexibility index (Phi) is 6.75. The average molecular weight is 424 g/mol. The van der Waals surface area contributed by atoms with E-state index in [0.717, 1.165) is 54.4 Å². The summed E-state index contributed by atoms with van der Waals surface area (Å²) in [5.41, 5.74) is 2.31. The van der Waals surface area contributed by atoms with E-state index in [0.29, 0.717) is 12.1 Å². The van der Waals surface area contributed by atoms with Crippen LogP contribution in [0.2, 0.25) is 0 Å². The van der Waals surface area contributed by atoms with Crippen molar-refractivity contribution >= 4 is 35.0 Å². The van der Waals surface area contributed by atoms with Gasteiger partial charge in [0.1, 0.15) is 0 Å². The molecular weight excluding hydrogens is 394 g/mol. The number of nitrogens with one attached hydrogen (secondary N) is 1. The highest BCUT2D eigenvalue weighted by molar-refractivity contribution is 7.99. The Bertz CT molecular complexity index is 897. The molecule has 2 amide bonds. The van der Waals surface area contributed by atoms with Crippen molar-refractivity contribution in [1.82, 2.24) is 4.90 Å². The zero-order valence-electron chi connectivity index (χ0n) is 17.5. The van der Waals surface area contributed by atoms with E-state index < -0.39 is 0 Å². The first-order valence-corrected chi connectivity index (χ1v) is 11.8. The molecule has 0 aliphatic carbocycles. The molecule has 0 spiro atoms. The summed E-state index contributed by atoms with van der Waals surface area (Å²) in [5, 5.41) is 3.11. The first-order valence-electron chi connectivity index (χ1n) is 10.9. The van der Waals surface area contributed by atoms with Gasteiger partial charge in [0, 0.05) is 28.4 Å². The van der Waals surface area contributed by atoms with Crippen LogP contribution in [0.25, 0.3) is 0 Å². The highest BCUT2D eigenvalue weighted by Crippen LogP contribution is 2.37. The van der Waals surface area contributed by atoms with Crippen LogP contribution in [0.15, 0.2) is 53.4 Å². The van der Waals surface area contributed by atoms with Crippen LogP contribution in [0.1, 0.15) is 43.0 Å². The van der Waals surface area contributed by atoms with Crippen LogP contribution in [0, 0.1) is 0 Å². The number of hydrogen-bond acceptors (Lipinski definition) is 4. The number of anilines is 2. The molecule has 1 fully saturated rings. The zero-order valence-corrected chi connectivity index (χ0v) is 18.3. The smallest absolute Gasteiger partial charge is 0.258 e. The van der Waals surface area contributed by atoms with Crippen molar-refractivity contribution < 1.29 is 9.59 Å². The van der Waals surface area contributed by atoms with Gasteiger partial charge in [0.25, 0.3) is 5.91 Å². The van der Waals surface area contributed by atoms with Gasteiger partial charge in [-0.05, 0) is 62.7 Å². The van der Waals surface area contributed by atoms with Crippen molar-refractivity contribution in [2.45, 2.75) is 43.5 Å². The predicted octanol–water partition coefficient (Wildman–Crippen LogP) is 4.64. The second-order valence-corrected chi connectivity index (χ2v) is 9.00. The standard InChI is InChI=1S/C24H29N3O2S/c1-2-20(26-13-7-4-8-14-26)23(28)25-19-11-12-22-21(17-19)27(15-16-30-22)24(29)18-9-5-3-6-10-18/h3,5-6,9-12,17,20H,2,4,7-8,13-16H2,1H3,(H,25,28). The van der Waals surface area contributed by atoms with Crippen LogP contribution in [-0.4, -0.2) is 48.1 Å². The Morgan fingerprint density at radius 2 is 1.80 bits per heavy atom. The molecule has 5 nitrogen and oxygen atoms in total. The molecule has 1 N–H and O–H groups in total. The maximum atomic E-state index is 13.1. The second-order valence-electron chi connectivity index (χ2n) is 7.86. The van der Waals surface area contributed by atoms with Gasteiger partial charge in [-0.2, -0.15) is 0 Å². The van der Waals surface area contributed by atoms with E-state index in [2.05, 4.69) is 17.1 Å². The van der Waals surface area contributed by atoms with E-state index in [1.54, 1.807) is 11.8 Å². The van der Waals surface area contributed by atoms with Gasteiger partial charge in [0.2, 0.25) is 5.91 Å². The maximum absolute atomic E-state index is 13.1. The van der Waals surface area contributed by atoms with Crippen molar-refractivity contribution in [3.63, 3.8) is 0 Å². The van der Waals surface area contributed by atoms with Crippen LogP contribution < -0.4 is 10.2 Å². The molecule has 2 aromatic rings. The molecule has 0 radical (unpaired) electrons. The fraction of sp³-hybridized carbons (Fsp3) is 0.417. The monoisotopic (exact) mass is 423 g/mol. The Balaban J connectivity index is 1.53. The molecule has 2 aromatic carbocycles. The third-order valence-corrected chi connectivity index (χ3v) is 6.92. The molecule has 158 valence electrons. The minimum atomic E-state index is -0.0993. The summed E-state index contributed by atoms with van der Waals surface area (Å²) in [6.45, 7) is 4.72. The van der Waals surface area contributed by atoms with Gasteiger partial charge in [0.15, 0.2) is 0 Å². The quantitative estimate of drug-likeness (QED) is 0.761. The summed E-state index contributed by atoms with van der Waals surface area (Å²) in [4.78, 5) is 31.3. The number of amides is 2. The molecular formula is C24H29N3O2S. The number of rotatable bonds is 5. The highest BCUT2D eigenvalue weighted by Gasteiger charge is 2.27. The molecule has 1 saturated heterocycles. The van der Waals surface area contributed by atoms with Gasteiger partial charge < -0.3 is 10.2 Å². The first-order chi connectivity index (χ1) is 14.7. The zero-order chi connectivity index (χ0) is 20.9. The number of fused-ring (bicyclic) bond motifs is 1. The lowest BCUT2D eigenvalue weighted by Crippen LogP contribution is -2.46. The molecule has 30 heavy (non-hydrogen) atoms. The van der Waals surface area contributed by atoms with Crippen molar-refractivity contribution in [2.75, 3.05) is 35.6 Å². The van der Waals surface area contributed by atoms with Gasteiger partial charge in [-0.3, -0.25) is 14.5 Å². The van der Waals surface area contributed by atoms with Gasteiger partial charge >= 0.3 is 0 Å². The first kappa shape index (κ1) is 20.9. The Hall–Kier alpha value is -2.31. The Morgan fingerprint density at radius 1 is 1.03 bits per heavy atom. The van der Waals surface area contributed by atoms with Gasteiger partial charge in [-0.15, -0.1) is 11.8 Å². The SMILES string of the molecule is CCC(C(=O)Nc1ccc2c(c1)N(C(=O)c1ccccc1)CCS2)N1CCCCC1. The number of carbonyl (C=O) groups is 2. The molecule has 4 rings (SSSR count). The highest BCUT2D eigenvalue weighted by atomic mass is 32.2. The summed E-state index contributed by atoms with van der Waals surface area (Å²) in [6.07, 6.45) is 4.38. The van der Waals surface area contributed by atoms with Crippen LogP contribution in [0.4, 0.5) is 11.4 Å². The predicted molar refractivity (Wildman–Crippen MR) is 123 cm³/mol. The molecule has 0 saturated carbocycles. The number of nitrogens with zero attached hydrogens (tertiary/aromatic N) is 2. The van der Waals surface area contributed by atoms with Crippen LogP contribution in [-0.2, 0) is 4.79 Å². The summed E-state index contributed by atoms with van der Waals surface area (Å²) in [5.74, 6) is 0.911. The summed E-state index contributed by atoms with van der Waals surface area (Å²) >= 11 is 1.75. The molecule has 6 heteroatoms. The third-order valence-electron chi connectivity index (χ3n) is 5.88. The lowest BCUT2D eigenvalue weighted by atomic mass is 10.1. The van der Waals surface area contributed by atoms with E-state index in [-0.39, 0.29) is 17.9 Å². The number of carbonyl (C=O) groups excluding carboxylic acids is 2. The third kappa shape index (κ3) is 4.55. The number of piperidine rings is 1. The molecule has 2 aliphatic heterocycles. The normalized spacial score (nSPS) is 17.8. The Labute approximate surface area is 182 Å². The lowest BCUT2D eigenvalue weighted by Gasteiger charge is -2.33. The number of thioether (sulfide) groups is 1. The van der Waals surface area contributed by atoms with Crippen molar-refractivity contribution in [1.29, 1.82) is 0 Å². The summed E-state index contributed by atoms with van der Waals surface area (Å²) in [7, 11) is 0. The van der Waals surface area contributed by atoms with Gasteiger partial charge in [-0.25, -0.2) is 0 Å². The molecule has 1 atom stereocenters. The lowest BCUT2D eigenvalue weighted by molar-refractivity contribution is -0.121. The van der Waals surface area contributed by atoms with Crippen molar-refractivity contribution in [3.05, 3.63) is 54.1 Å². The average Bonchev–Trinajstić information content (AvgIpc) is 2.80. The summed E-state index contributed by atoms with van der Waals surface area (Å²) in [6, 6.07) is 15.2. The van der Waals surface area contributed by atoms with E-state index in [1.807, 2.05) is 53.4 Å². The van der Waals surface area contributed by atoms with E-state index >= 15 is 0 Å². The van der Waals surface area contributed by atoms with Crippen LogP contribution in [0.5, 0.6) is 0 Å². The van der Waals surface area contributed by atoms with E-state index in [9.17, 15) is 9.59 Å². The largest absolute Gasteiger partial charge is 0.325 e. The molecule has 2 heterocycles. The van der Waals surface area contributed by atoms with Gasteiger partial charge in [0.05, 0.1) is 11.7 Å². The number of benzene rings is 2. The minimum absolute atomic E-state index is 0.000350. The topological polar surface area (TPSA) is 52.7 Å². The van der Waals surface area contributed by atoms with E-state index in [4.69, 9.17) is 0 Å².